The van der Waals surface area contributed by atoms with Crippen molar-refractivity contribution in [2.24, 2.45) is 0 Å². The molecular formula is C43H30N2O. The number of nitrogens with zero attached hydrogens (tertiary/aromatic N) is 2. The molecule has 0 saturated heterocycles. The molecule has 0 aliphatic heterocycles. The molecule has 46 heavy (non-hydrogen) atoms. The maximum Gasteiger partial charge on any atom is 0.159 e. The molecule has 0 radical (unpaired) electrons. The minimum Gasteiger partial charge on any atom is -0.454 e. The van der Waals surface area contributed by atoms with Gasteiger partial charge in [0, 0.05) is 38.2 Å². The van der Waals surface area contributed by atoms with Crippen molar-refractivity contribution < 1.29 is 4.42 Å². The van der Waals surface area contributed by atoms with Crippen molar-refractivity contribution in [3.05, 3.63) is 163 Å². The monoisotopic (exact) mass is 590 g/mol. The van der Waals surface area contributed by atoms with Crippen LogP contribution in [0.25, 0.3) is 83.7 Å². The molecule has 6 aromatic carbocycles. The fraction of sp³-hybridized carbons (Fsp3) is 0.0233. The summed E-state index contributed by atoms with van der Waals surface area (Å²) in [7, 11) is 0. The van der Waals surface area contributed by atoms with Crippen LogP contribution in [0.5, 0.6) is 0 Å². The van der Waals surface area contributed by atoms with Crippen molar-refractivity contribution >= 4 is 72.4 Å². The lowest BCUT2D eigenvalue weighted by Gasteiger charge is -2.10. The van der Waals surface area contributed by atoms with Gasteiger partial charge in [0.05, 0.1) is 27.9 Å². The Morgan fingerprint density at radius 1 is 0.587 bits per heavy atom. The molecule has 0 amide bonds. The Balaban J connectivity index is 1.25. The number of fused-ring (bicyclic) bond motifs is 7. The van der Waals surface area contributed by atoms with E-state index in [1.807, 2.05) is 18.2 Å². The highest BCUT2D eigenvalue weighted by Gasteiger charge is 2.19. The third-order valence-electron chi connectivity index (χ3n) is 9.27. The molecule has 0 saturated carbocycles. The van der Waals surface area contributed by atoms with E-state index in [9.17, 15) is 0 Å². The van der Waals surface area contributed by atoms with Gasteiger partial charge in [-0.05, 0) is 78.7 Å². The second-order valence-electron chi connectivity index (χ2n) is 11.9. The van der Waals surface area contributed by atoms with Gasteiger partial charge in [-0.15, -0.1) is 0 Å². The van der Waals surface area contributed by atoms with Crippen LogP contribution in [0.15, 0.2) is 151 Å². The van der Waals surface area contributed by atoms with Gasteiger partial charge < -0.3 is 13.6 Å². The van der Waals surface area contributed by atoms with Crippen molar-refractivity contribution in [3.8, 4) is 11.4 Å². The Labute approximate surface area is 266 Å². The molecule has 3 heteroatoms. The summed E-state index contributed by atoms with van der Waals surface area (Å²) >= 11 is 0. The van der Waals surface area contributed by atoms with Crippen LogP contribution in [0.3, 0.4) is 0 Å². The number of aromatic nitrogens is 2. The van der Waals surface area contributed by atoms with Gasteiger partial charge in [-0.25, -0.2) is 0 Å². The van der Waals surface area contributed by atoms with Crippen molar-refractivity contribution in [2.45, 2.75) is 6.92 Å². The molecule has 218 valence electrons. The summed E-state index contributed by atoms with van der Waals surface area (Å²) < 4.78 is 11.1. The molecular weight excluding hydrogens is 560 g/mol. The number of allylic oxidation sites excluding steroid dienone is 1. The van der Waals surface area contributed by atoms with E-state index in [4.69, 9.17) is 4.42 Å². The lowest BCUT2D eigenvalue weighted by molar-refractivity contribution is 0.666. The maximum atomic E-state index is 6.48. The van der Waals surface area contributed by atoms with Gasteiger partial charge in [-0.3, -0.25) is 0 Å². The number of rotatable bonds is 5. The molecule has 0 unspecified atom stereocenters. The fourth-order valence-corrected chi connectivity index (χ4v) is 7.18. The number of benzene rings is 6. The molecule has 3 heterocycles. The average molecular weight is 591 g/mol. The van der Waals surface area contributed by atoms with E-state index < -0.39 is 0 Å². The molecule has 0 fully saturated rings. The predicted octanol–water partition coefficient (Wildman–Crippen LogP) is 11.8. The second-order valence-corrected chi connectivity index (χ2v) is 11.9. The highest BCUT2D eigenvalue weighted by atomic mass is 16.3. The zero-order valence-electron chi connectivity index (χ0n) is 25.4. The van der Waals surface area contributed by atoms with E-state index in [1.54, 1.807) is 0 Å². The van der Waals surface area contributed by atoms with Crippen molar-refractivity contribution in [1.29, 1.82) is 0 Å². The summed E-state index contributed by atoms with van der Waals surface area (Å²) in [5.41, 5.74) is 12.1. The van der Waals surface area contributed by atoms with E-state index in [-0.39, 0.29) is 0 Å². The second kappa shape index (κ2) is 10.3. The minimum atomic E-state index is 0.901. The molecule has 3 nitrogen and oxygen atoms in total. The van der Waals surface area contributed by atoms with Crippen LogP contribution >= 0.6 is 0 Å². The quantitative estimate of drug-likeness (QED) is 0.196. The smallest absolute Gasteiger partial charge is 0.159 e. The summed E-state index contributed by atoms with van der Waals surface area (Å²) in [6, 6.07) is 49.3. The van der Waals surface area contributed by atoms with Crippen LogP contribution in [0.1, 0.15) is 23.7 Å². The van der Waals surface area contributed by atoms with Crippen LogP contribution in [0.2, 0.25) is 0 Å². The van der Waals surface area contributed by atoms with Crippen LogP contribution < -0.4 is 0 Å². The summed E-state index contributed by atoms with van der Waals surface area (Å²) in [5.74, 6) is 0. The van der Waals surface area contributed by atoms with Gasteiger partial charge in [-0.1, -0.05) is 97.6 Å². The summed E-state index contributed by atoms with van der Waals surface area (Å²) in [4.78, 5) is 0. The van der Waals surface area contributed by atoms with Gasteiger partial charge in [0.15, 0.2) is 5.58 Å². The molecule has 0 N–H and O–H groups in total. The van der Waals surface area contributed by atoms with Crippen LogP contribution in [0.4, 0.5) is 0 Å². The number of hydrogen-bond acceptors (Lipinski definition) is 1. The van der Waals surface area contributed by atoms with E-state index in [2.05, 4.69) is 156 Å². The normalized spacial score (nSPS) is 12.2. The first kappa shape index (κ1) is 26.4. The molecule has 0 spiro atoms. The first-order valence-corrected chi connectivity index (χ1v) is 15.6. The van der Waals surface area contributed by atoms with Crippen LogP contribution in [-0.4, -0.2) is 9.13 Å². The van der Waals surface area contributed by atoms with Crippen LogP contribution in [0, 0.1) is 0 Å². The van der Waals surface area contributed by atoms with Gasteiger partial charge in [0.25, 0.3) is 0 Å². The zero-order chi connectivity index (χ0) is 30.8. The Morgan fingerprint density at radius 3 is 2.04 bits per heavy atom. The van der Waals surface area contributed by atoms with Gasteiger partial charge >= 0.3 is 0 Å². The molecule has 9 rings (SSSR count). The number of furan rings is 1. The summed E-state index contributed by atoms with van der Waals surface area (Å²) in [5, 5.41) is 5.90. The van der Waals surface area contributed by atoms with E-state index in [1.165, 1.54) is 38.4 Å². The van der Waals surface area contributed by atoms with Crippen LogP contribution in [-0.2, 0) is 0 Å². The number of hydrogen-bond donors (Lipinski definition) is 0. The SMILES string of the molecule is C=Cc1c(/C=C(\C)c2ccc3c(c2)c2ccccc2n3-c2cccc3c2oc2ccccc23)c2ccccc2n1-c1ccccc1. The number of para-hydroxylation sites is 5. The Hall–Kier alpha value is -6.06. The zero-order valence-corrected chi connectivity index (χ0v) is 25.4. The summed E-state index contributed by atoms with van der Waals surface area (Å²) in [6.07, 6.45) is 4.29. The van der Waals surface area contributed by atoms with Gasteiger partial charge in [-0.2, -0.15) is 0 Å². The van der Waals surface area contributed by atoms with Crippen molar-refractivity contribution in [3.63, 3.8) is 0 Å². The van der Waals surface area contributed by atoms with E-state index in [0.717, 1.165) is 50.0 Å². The summed E-state index contributed by atoms with van der Waals surface area (Å²) in [6.45, 7) is 6.44. The first-order valence-electron chi connectivity index (χ1n) is 15.6. The third kappa shape index (κ3) is 3.85. The average Bonchev–Trinajstić information content (AvgIpc) is 3.76. The molecule has 9 aromatic rings. The Bertz CT molecular complexity index is 2660. The molecule has 3 aromatic heterocycles. The van der Waals surface area contributed by atoms with Gasteiger partial charge in [0.1, 0.15) is 5.58 Å². The largest absolute Gasteiger partial charge is 0.454 e. The molecule has 0 aliphatic rings. The lowest BCUT2D eigenvalue weighted by Crippen LogP contribution is -1.96. The lowest BCUT2D eigenvalue weighted by atomic mass is 10.0. The third-order valence-corrected chi connectivity index (χ3v) is 9.27. The Kier molecular flexibility index (Phi) is 5.87. The van der Waals surface area contributed by atoms with Crippen molar-refractivity contribution in [1.82, 2.24) is 9.13 Å². The maximum absolute atomic E-state index is 6.48. The van der Waals surface area contributed by atoms with E-state index >= 15 is 0 Å². The fourth-order valence-electron chi connectivity index (χ4n) is 7.18. The molecule has 0 bridgehead atoms. The van der Waals surface area contributed by atoms with Gasteiger partial charge in [0.2, 0.25) is 0 Å². The van der Waals surface area contributed by atoms with E-state index in [0.29, 0.717) is 0 Å². The highest BCUT2D eigenvalue weighted by molar-refractivity contribution is 6.13. The standard InChI is InChI=1S/C43H30N2O/c1-3-37-35(31-16-7-10-20-38(31)44(37)30-14-5-4-6-15-30)26-28(2)29-24-25-40-36(27-29)32-17-8-11-21-39(32)45(40)41-22-13-19-34-33-18-9-12-23-42(33)46-43(34)41/h3-27H,1H2,2H3/b28-26+. The van der Waals surface area contributed by atoms with Crippen molar-refractivity contribution in [2.75, 3.05) is 0 Å². The molecule has 0 aliphatic carbocycles. The first-order chi connectivity index (χ1) is 22.7. The topological polar surface area (TPSA) is 23.0 Å². The highest BCUT2D eigenvalue weighted by Crippen LogP contribution is 2.39. The molecule has 0 atom stereocenters. The minimum absolute atomic E-state index is 0.901. The Morgan fingerprint density at radius 2 is 1.24 bits per heavy atom. The predicted molar refractivity (Wildman–Crippen MR) is 195 cm³/mol.